The van der Waals surface area contributed by atoms with Crippen molar-refractivity contribution in [3.8, 4) is 11.5 Å². The summed E-state index contributed by atoms with van der Waals surface area (Å²) in [6.45, 7) is 3.85. The summed E-state index contributed by atoms with van der Waals surface area (Å²) >= 11 is 0. The molecule has 2 fully saturated rings. The first-order chi connectivity index (χ1) is 12.9. The Morgan fingerprint density at radius 2 is 2.00 bits per heavy atom. The lowest BCUT2D eigenvalue weighted by Crippen LogP contribution is -2.66. The Labute approximate surface area is 170 Å². The van der Waals surface area contributed by atoms with Crippen LogP contribution in [0.15, 0.2) is 12.1 Å². The van der Waals surface area contributed by atoms with E-state index >= 15 is 0 Å². The molecule has 1 aromatic rings. The van der Waals surface area contributed by atoms with Gasteiger partial charge < -0.3 is 19.1 Å². The summed E-state index contributed by atoms with van der Waals surface area (Å²) in [4.78, 5) is 25.8. The minimum absolute atomic E-state index is 0. The minimum Gasteiger partial charge on any atom is -0.481 e. The first kappa shape index (κ1) is 19.5. The zero-order valence-corrected chi connectivity index (χ0v) is 17.2. The lowest BCUT2D eigenvalue weighted by atomic mass is 9.51. The fourth-order valence-corrected chi connectivity index (χ4v) is 6.25. The predicted molar refractivity (Wildman–Crippen MR) is 104 cm³/mol. The number of carbonyl (C=O) groups excluding carboxylic acids is 2. The van der Waals surface area contributed by atoms with E-state index in [0.29, 0.717) is 23.5 Å². The Balaban J connectivity index is 0.00000192. The summed E-state index contributed by atoms with van der Waals surface area (Å²) in [7, 11) is 2.21. The van der Waals surface area contributed by atoms with Crippen molar-refractivity contribution in [3.05, 3.63) is 23.3 Å². The Hall–Kier alpha value is -1.79. The number of nitrogens with zero attached hydrogens (tertiary/aromatic N) is 1. The second-order valence-corrected chi connectivity index (χ2v) is 8.43. The van der Waals surface area contributed by atoms with Crippen LogP contribution in [0.2, 0.25) is 0 Å². The van der Waals surface area contributed by atoms with Crippen LogP contribution in [0.5, 0.6) is 11.5 Å². The van der Waals surface area contributed by atoms with Gasteiger partial charge in [-0.1, -0.05) is 6.07 Å². The van der Waals surface area contributed by atoms with E-state index in [1.165, 1.54) is 25.0 Å². The second-order valence-electron chi connectivity index (χ2n) is 8.43. The van der Waals surface area contributed by atoms with E-state index in [1.54, 1.807) is 0 Å². The number of hydrogen-bond donors (Lipinski definition) is 0. The number of likely N-dealkylation sites (tertiary alicyclic amines) is 1. The summed E-state index contributed by atoms with van der Waals surface area (Å²) in [5.41, 5.74) is 2.33. The molecule has 5 atom stereocenters. The fraction of sp³-hybridized carbons (Fsp3) is 0.619. The van der Waals surface area contributed by atoms with E-state index in [-0.39, 0.29) is 42.0 Å². The van der Waals surface area contributed by atoms with Crippen LogP contribution < -0.4 is 9.47 Å². The molecule has 7 heteroatoms. The molecule has 6 nitrogen and oxygen atoms in total. The predicted octanol–water partition coefficient (Wildman–Crippen LogP) is 2.63. The molecule has 0 amide bonds. The van der Waals surface area contributed by atoms with E-state index in [0.717, 1.165) is 32.2 Å². The lowest BCUT2D eigenvalue weighted by Gasteiger charge is -2.58. The van der Waals surface area contributed by atoms with Crippen LogP contribution in [0.4, 0.5) is 0 Å². The van der Waals surface area contributed by atoms with Crippen molar-refractivity contribution >= 4 is 24.3 Å². The SMILES string of the molecule is CC(=O)Oc1ccc2c3c1O[C@H]1[C@@H](OC(C)=O)CC[C@H]4[C@@H](C2)N(C)CC[C@@]341.Cl. The highest BCUT2D eigenvalue weighted by atomic mass is 35.5. The molecule has 1 saturated heterocycles. The van der Waals surface area contributed by atoms with E-state index in [4.69, 9.17) is 14.2 Å². The fourth-order valence-electron chi connectivity index (χ4n) is 6.25. The highest BCUT2D eigenvalue weighted by molar-refractivity contribution is 5.85. The van der Waals surface area contributed by atoms with Crippen LogP contribution in [0.1, 0.15) is 44.2 Å². The van der Waals surface area contributed by atoms with Crippen molar-refractivity contribution in [1.82, 2.24) is 4.90 Å². The summed E-state index contributed by atoms with van der Waals surface area (Å²) in [5.74, 6) is 1.03. The number of hydrogen-bond acceptors (Lipinski definition) is 6. The van der Waals surface area contributed by atoms with Gasteiger partial charge in [0.2, 0.25) is 0 Å². The lowest BCUT2D eigenvalue weighted by molar-refractivity contribution is -0.163. The van der Waals surface area contributed by atoms with Crippen LogP contribution in [-0.2, 0) is 26.2 Å². The third kappa shape index (κ3) is 2.50. The third-order valence-corrected chi connectivity index (χ3v) is 7.10. The van der Waals surface area contributed by atoms with Crippen LogP contribution in [0, 0.1) is 5.92 Å². The molecular weight excluding hydrogens is 382 g/mol. The third-order valence-electron chi connectivity index (χ3n) is 7.10. The zero-order valence-electron chi connectivity index (χ0n) is 16.4. The van der Waals surface area contributed by atoms with Gasteiger partial charge in [0.25, 0.3) is 0 Å². The number of halogens is 1. The molecule has 28 heavy (non-hydrogen) atoms. The number of esters is 2. The summed E-state index contributed by atoms with van der Waals surface area (Å²) in [5, 5.41) is 0. The van der Waals surface area contributed by atoms with Gasteiger partial charge in [-0.05, 0) is 56.8 Å². The molecule has 0 aromatic heterocycles. The van der Waals surface area contributed by atoms with Crippen molar-refractivity contribution in [2.45, 2.75) is 63.2 Å². The van der Waals surface area contributed by atoms with Gasteiger partial charge in [0.15, 0.2) is 11.5 Å². The highest BCUT2D eigenvalue weighted by Gasteiger charge is 2.66. The van der Waals surface area contributed by atoms with E-state index in [9.17, 15) is 9.59 Å². The van der Waals surface area contributed by atoms with Gasteiger partial charge in [0, 0.05) is 30.9 Å². The van der Waals surface area contributed by atoms with Crippen LogP contribution >= 0.6 is 12.4 Å². The number of rotatable bonds is 2. The minimum atomic E-state index is -0.354. The Kier molecular flexibility index (Phi) is 4.62. The standard InChI is InChI=1S/C21H25NO5.ClH/c1-11(23)25-16-6-4-13-10-15-14-5-7-17(26-12(2)24)20-21(14,8-9-22(15)3)18(13)19(16)27-20;/h4,6,14-15,17,20H,5,7-10H2,1-3H3;1H/t14-,15+,17-,20-,21-;/m0./s1. The van der Waals surface area contributed by atoms with Crippen LogP contribution in [0.25, 0.3) is 0 Å². The van der Waals surface area contributed by atoms with Crippen molar-refractivity contribution in [2.75, 3.05) is 13.6 Å². The number of piperidine rings is 1. The van der Waals surface area contributed by atoms with Crippen molar-refractivity contribution in [3.63, 3.8) is 0 Å². The maximum absolute atomic E-state index is 11.7. The number of ether oxygens (including phenoxy) is 3. The van der Waals surface area contributed by atoms with E-state index in [1.807, 2.05) is 6.07 Å². The summed E-state index contributed by atoms with van der Waals surface area (Å²) < 4.78 is 17.7. The Bertz CT molecular complexity index is 842. The van der Waals surface area contributed by atoms with Gasteiger partial charge >= 0.3 is 11.9 Å². The monoisotopic (exact) mass is 407 g/mol. The molecule has 0 unspecified atom stereocenters. The number of benzene rings is 1. The second kappa shape index (κ2) is 6.63. The van der Waals surface area contributed by atoms with Gasteiger partial charge in [0.05, 0.1) is 0 Å². The quantitative estimate of drug-likeness (QED) is 0.554. The molecule has 1 spiro atoms. The Morgan fingerprint density at radius 3 is 2.71 bits per heavy atom. The number of carbonyl (C=O) groups is 2. The highest BCUT2D eigenvalue weighted by Crippen LogP contribution is 2.64. The van der Waals surface area contributed by atoms with Gasteiger partial charge in [-0.2, -0.15) is 0 Å². The first-order valence-corrected chi connectivity index (χ1v) is 9.80. The number of likely N-dealkylation sites (N-methyl/N-ethyl adjacent to an activating group) is 1. The maximum atomic E-state index is 11.7. The molecule has 1 saturated carbocycles. The Morgan fingerprint density at radius 1 is 1.21 bits per heavy atom. The molecule has 2 heterocycles. The van der Waals surface area contributed by atoms with E-state index < -0.39 is 0 Å². The van der Waals surface area contributed by atoms with Gasteiger partial charge in [-0.3, -0.25) is 9.59 Å². The van der Waals surface area contributed by atoms with Gasteiger partial charge in [0.1, 0.15) is 12.2 Å². The van der Waals surface area contributed by atoms with Gasteiger partial charge in [-0.15, -0.1) is 12.4 Å². The molecule has 5 rings (SSSR count). The molecule has 2 bridgehead atoms. The zero-order chi connectivity index (χ0) is 18.9. The molecule has 0 N–H and O–H groups in total. The summed E-state index contributed by atoms with van der Waals surface area (Å²) in [6.07, 6.45) is 3.32. The van der Waals surface area contributed by atoms with Crippen LogP contribution in [-0.4, -0.2) is 48.7 Å². The van der Waals surface area contributed by atoms with E-state index in [2.05, 4.69) is 18.0 Å². The van der Waals surface area contributed by atoms with Crippen LogP contribution in [0.3, 0.4) is 0 Å². The van der Waals surface area contributed by atoms with Gasteiger partial charge in [-0.25, -0.2) is 0 Å². The van der Waals surface area contributed by atoms with Crippen molar-refractivity contribution < 1.29 is 23.8 Å². The largest absolute Gasteiger partial charge is 0.481 e. The molecule has 152 valence electrons. The summed E-state index contributed by atoms with van der Waals surface area (Å²) in [6, 6.07) is 4.41. The molecule has 1 aromatic carbocycles. The van der Waals surface area contributed by atoms with Crippen molar-refractivity contribution in [2.24, 2.45) is 5.92 Å². The van der Waals surface area contributed by atoms with Crippen molar-refractivity contribution in [1.29, 1.82) is 0 Å². The normalized spacial score (nSPS) is 34.5. The smallest absolute Gasteiger partial charge is 0.308 e. The average molecular weight is 408 g/mol. The topological polar surface area (TPSA) is 65.1 Å². The molecule has 0 radical (unpaired) electrons. The molecule has 2 aliphatic carbocycles. The average Bonchev–Trinajstić information content (AvgIpc) is 2.95. The first-order valence-electron chi connectivity index (χ1n) is 9.80. The molecule has 4 aliphatic rings. The molecular formula is C21H26ClNO5. The molecule has 2 aliphatic heterocycles. The maximum Gasteiger partial charge on any atom is 0.308 e.